The van der Waals surface area contributed by atoms with Crippen LogP contribution in [0.1, 0.15) is 43.6 Å². The highest BCUT2D eigenvalue weighted by molar-refractivity contribution is 5.97. The second-order valence-electron chi connectivity index (χ2n) is 9.52. The third kappa shape index (κ3) is 7.42. The van der Waals surface area contributed by atoms with Crippen molar-refractivity contribution in [1.29, 1.82) is 0 Å². The second-order valence-corrected chi connectivity index (χ2v) is 9.52. The molecule has 2 rings (SSSR count). The number of carbonyl (C=O) groups excluding carboxylic acids is 2. The molecular weight excluding hydrogens is 424 g/mol. The molecule has 2 N–H and O–H groups in total. The van der Waals surface area contributed by atoms with Crippen LogP contribution in [0.3, 0.4) is 0 Å². The van der Waals surface area contributed by atoms with Crippen molar-refractivity contribution in [2.24, 2.45) is 5.92 Å². The lowest BCUT2D eigenvalue weighted by molar-refractivity contribution is -0.132. The normalized spacial score (nSPS) is 19.6. The Morgan fingerprint density at radius 1 is 1.39 bits per heavy atom. The molecule has 9 heteroatoms. The van der Waals surface area contributed by atoms with Gasteiger partial charge < -0.3 is 29.6 Å². The molecule has 9 nitrogen and oxygen atoms in total. The molecule has 182 valence electrons. The first-order chi connectivity index (χ1) is 15.3. The monoisotopic (exact) mass is 460 g/mol. The summed E-state index contributed by atoms with van der Waals surface area (Å²) in [6.07, 6.45) is 1.08. The lowest BCUT2D eigenvalue weighted by Crippen LogP contribution is -2.51. The highest BCUT2D eigenvalue weighted by Gasteiger charge is 2.34. The number of ether oxygens (including phenoxy) is 1. The zero-order valence-electron chi connectivity index (χ0n) is 20.6. The Labute approximate surface area is 196 Å². The summed E-state index contributed by atoms with van der Waals surface area (Å²) in [6, 6.07) is 1.18. The average Bonchev–Trinajstić information content (AvgIpc) is 2.73. The summed E-state index contributed by atoms with van der Waals surface area (Å²) in [5.74, 6) is 5.24. The summed E-state index contributed by atoms with van der Waals surface area (Å²) in [7, 11) is 5.39. The van der Waals surface area contributed by atoms with E-state index in [9.17, 15) is 19.8 Å². The molecule has 2 heterocycles. The van der Waals surface area contributed by atoms with Gasteiger partial charge in [0.05, 0.1) is 25.7 Å². The third-order valence-electron chi connectivity index (χ3n) is 5.36. The molecule has 0 saturated heterocycles. The van der Waals surface area contributed by atoms with Crippen molar-refractivity contribution >= 4 is 11.8 Å². The van der Waals surface area contributed by atoms with E-state index in [1.54, 1.807) is 48.6 Å². The highest BCUT2D eigenvalue weighted by Crippen LogP contribution is 2.27. The van der Waals surface area contributed by atoms with Crippen LogP contribution in [0.25, 0.3) is 0 Å². The van der Waals surface area contributed by atoms with E-state index in [1.807, 2.05) is 21.0 Å². The van der Waals surface area contributed by atoms with Crippen molar-refractivity contribution in [1.82, 2.24) is 19.7 Å². The summed E-state index contributed by atoms with van der Waals surface area (Å²) < 4.78 is 6.18. The Morgan fingerprint density at radius 2 is 2.06 bits per heavy atom. The maximum Gasteiger partial charge on any atom is 0.259 e. The Hall–Kier alpha value is -2.67. The van der Waals surface area contributed by atoms with Crippen LogP contribution in [0.5, 0.6) is 5.88 Å². The molecule has 0 aliphatic carbocycles. The maximum absolute atomic E-state index is 13.4. The van der Waals surface area contributed by atoms with Gasteiger partial charge >= 0.3 is 0 Å². The molecule has 0 radical (unpaired) electrons. The fraction of sp³-hybridized carbons (Fsp3) is 0.625. The molecule has 0 unspecified atom stereocenters. The van der Waals surface area contributed by atoms with E-state index in [0.717, 1.165) is 0 Å². The number of likely N-dealkylation sites (N-methyl/N-ethyl adjacent to an activating group) is 2. The largest absolute Gasteiger partial charge is 0.472 e. The highest BCUT2D eigenvalue weighted by atomic mass is 16.5. The number of amides is 2. The number of carbonyl (C=O) groups is 2. The minimum Gasteiger partial charge on any atom is -0.472 e. The molecule has 0 fully saturated rings. The van der Waals surface area contributed by atoms with Gasteiger partial charge in [-0.3, -0.25) is 9.59 Å². The Balaban J connectivity index is 2.44. The standard InChI is InChI=1S/C24H36N4O5/c1-16-12-28(17(2)15-29)23(31)19-10-18(8-9-24(3,4)32)11-25-22(19)33-20(16)13-27(7)21(30)14-26(5)6/h10-11,16-17,20,29,32H,12-15H2,1-7H3/t16-,17-,20+/m1/s1. The summed E-state index contributed by atoms with van der Waals surface area (Å²) in [6.45, 7) is 7.63. The minimum atomic E-state index is -1.19. The van der Waals surface area contributed by atoms with Crippen molar-refractivity contribution in [3.8, 4) is 17.7 Å². The first-order valence-corrected chi connectivity index (χ1v) is 11.0. The van der Waals surface area contributed by atoms with E-state index in [4.69, 9.17) is 4.74 Å². The van der Waals surface area contributed by atoms with Crippen molar-refractivity contribution < 1.29 is 24.5 Å². The number of aromatic nitrogens is 1. The fourth-order valence-corrected chi connectivity index (χ4v) is 3.38. The van der Waals surface area contributed by atoms with Crippen molar-refractivity contribution in [3.63, 3.8) is 0 Å². The van der Waals surface area contributed by atoms with Crippen LogP contribution in [-0.4, -0.2) is 107 Å². The summed E-state index contributed by atoms with van der Waals surface area (Å²) in [4.78, 5) is 35.2. The molecule has 1 aliphatic rings. The SMILES string of the molecule is C[C@@H]1CN([C@H](C)CO)C(=O)c2cc(C#CC(C)(C)O)cnc2O[C@H]1CN(C)C(=O)CN(C)C. The van der Waals surface area contributed by atoms with Crippen LogP contribution in [0.2, 0.25) is 0 Å². The van der Waals surface area contributed by atoms with E-state index in [1.165, 1.54) is 6.20 Å². The van der Waals surface area contributed by atoms with Gasteiger partial charge in [0.15, 0.2) is 0 Å². The topological polar surface area (TPSA) is 106 Å². The Bertz CT molecular complexity index is 916. The van der Waals surface area contributed by atoms with Crippen LogP contribution < -0.4 is 4.74 Å². The van der Waals surface area contributed by atoms with Gasteiger partial charge in [-0.2, -0.15) is 0 Å². The number of aliphatic hydroxyl groups is 2. The lowest BCUT2D eigenvalue weighted by Gasteiger charge is -2.37. The predicted octanol–water partition coefficient (Wildman–Crippen LogP) is 0.444. The number of hydrogen-bond acceptors (Lipinski definition) is 7. The number of pyridine rings is 1. The van der Waals surface area contributed by atoms with Gasteiger partial charge in [-0.25, -0.2) is 4.98 Å². The Kier molecular flexibility index (Phi) is 8.83. The van der Waals surface area contributed by atoms with Crippen LogP contribution in [-0.2, 0) is 4.79 Å². The van der Waals surface area contributed by atoms with Crippen LogP contribution in [0.15, 0.2) is 12.3 Å². The second kappa shape index (κ2) is 11.0. The van der Waals surface area contributed by atoms with Gasteiger partial charge in [0.1, 0.15) is 17.3 Å². The van der Waals surface area contributed by atoms with Gasteiger partial charge in [0, 0.05) is 31.3 Å². The number of aliphatic hydroxyl groups excluding tert-OH is 1. The zero-order chi connectivity index (χ0) is 24.9. The average molecular weight is 461 g/mol. The molecule has 0 spiro atoms. The molecule has 0 bridgehead atoms. The first kappa shape index (κ1) is 26.6. The molecule has 1 aromatic rings. The van der Waals surface area contributed by atoms with Crippen molar-refractivity contribution in [2.45, 2.75) is 45.4 Å². The van der Waals surface area contributed by atoms with Gasteiger partial charge in [-0.1, -0.05) is 18.8 Å². The van der Waals surface area contributed by atoms with E-state index >= 15 is 0 Å². The molecule has 1 aliphatic heterocycles. The maximum atomic E-state index is 13.4. The fourth-order valence-electron chi connectivity index (χ4n) is 3.38. The molecule has 2 amide bonds. The first-order valence-electron chi connectivity index (χ1n) is 11.0. The number of nitrogens with zero attached hydrogens (tertiary/aromatic N) is 4. The molecule has 1 aromatic heterocycles. The predicted molar refractivity (Wildman–Crippen MR) is 125 cm³/mol. The molecular formula is C24H36N4O5. The summed E-state index contributed by atoms with van der Waals surface area (Å²) >= 11 is 0. The lowest BCUT2D eigenvalue weighted by atomic mass is 9.99. The van der Waals surface area contributed by atoms with Crippen LogP contribution in [0.4, 0.5) is 0 Å². The third-order valence-corrected chi connectivity index (χ3v) is 5.36. The smallest absolute Gasteiger partial charge is 0.259 e. The summed E-state index contributed by atoms with van der Waals surface area (Å²) in [5, 5.41) is 19.6. The number of rotatable bonds is 6. The quantitative estimate of drug-likeness (QED) is 0.594. The summed E-state index contributed by atoms with van der Waals surface area (Å²) in [5.41, 5.74) is -0.489. The minimum absolute atomic E-state index is 0.0417. The number of hydrogen-bond donors (Lipinski definition) is 2. The molecule has 0 saturated carbocycles. The van der Waals surface area contributed by atoms with Crippen LogP contribution >= 0.6 is 0 Å². The van der Waals surface area contributed by atoms with E-state index in [2.05, 4.69) is 16.8 Å². The molecule has 3 atom stereocenters. The zero-order valence-corrected chi connectivity index (χ0v) is 20.6. The van der Waals surface area contributed by atoms with E-state index < -0.39 is 17.7 Å². The van der Waals surface area contributed by atoms with E-state index in [-0.39, 0.29) is 42.3 Å². The van der Waals surface area contributed by atoms with Gasteiger partial charge in [-0.05, 0) is 40.9 Å². The van der Waals surface area contributed by atoms with Crippen LogP contribution in [0, 0.1) is 17.8 Å². The van der Waals surface area contributed by atoms with Crippen molar-refractivity contribution in [3.05, 3.63) is 23.4 Å². The van der Waals surface area contributed by atoms with Gasteiger partial charge in [0.25, 0.3) is 5.91 Å². The van der Waals surface area contributed by atoms with Gasteiger partial charge in [0.2, 0.25) is 11.8 Å². The molecule has 0 aromatic carbocycles. The van der Waals surface area contributed by atoms with E-state index in [0.29, 0.717) is 18.7 Å². The van der Waals surface area contributed by atoms with Gasteiger partial charge in [-0.15, -0.1) is 0 Å². The molecule has 33 heavy (non-hydrogen) atoms. The number of fused-ring (bicyclic) bond motifs is 1. The Morgan fingerprint density at radius 3 is 2.64 bits per heavy atom. The van der Waals surface area contributed by atoms with Crippen molar-refractivity contribution in [2.75, 3.05) is 47.4 Å².